The monoisotopic (exact) mass is 473 g/mol. The Morgan fingerprint density at radius 2 is 2.14 bits per heavy atom. The predicted octanol–water partition coefficient (Wildman–Crippen LogP) is 5.57. The molecular formula is C27H31N5O3. The Balaban J connectivity index is 1.34. The van der Waals surface area contributed by atoms with E-state index in [4.69, 9.17) is 4.74 Å². The van der Waals surface area contributed by atoms with Crippen molar-refractivity contribution < 1.29 is 14.6 Å². The predicted molar refractivity (Wildman–Crippen MR) is 133 cm³/mol. The van der Waals surface area contributed by atoms with Crippen LogP contribution in [0.15, 0.2) is 36.8 Å². The van der Waals surface area contributed by atoms with Gasteiger partial charge in [-0.05, 0) is 61.6 Å². The van der Waals surface area contributed by atoms with Gasteiger partial charge in [-0.2, -0.15) is 5.26 Å². The largest absolute Gasteiger partial charge is 0.494 e. The number of benzene rings is 1. The van der Waals surface area contributed by atoms with Crippen LogP contribution in [0.4, 0.5) is 10.5 Å². The second-order valence-corrected chi connectivity index (χ2v) is 10.4. The Morgan fingerprint density at radius 1 is 1.31 bits per heavy atom. The van der Waals surface area contributed by atoms with Crippen LogP contribution in [-0.2, 0) is 6.54 Å². The molecule has 2 heterocycles. The van der Waals surface area contributed by atoms with Crippen LogP contribution < -0.4 is 9.64 Å². The van der Waals surface area contributed by atoms with Gasteiger partial charge in [0, 0.05) is 30.8 Å². The Hall–Kier alpha value is -3.60. The van der Waals surface area contributed by atoms with Gasteiger partial charge >= 0.3 is 6.09 Å². The fourth-order valence-corrected chi connectivity index (χ4v) is 5.63. The smallest absolute Gasteiger partial charge is 0.411 e. The summed E-state index contributed by atoms with van der Waals surface area (Å²) in [7, 11) is 1.58. The normalized spacial score (nSPS) is 22.0. The molecule has 0 spiro atoms. The van der Waals surface area contributed by atoms with Crippen LogP contribution in [0.1, 0.15) is 62.6 Å². The second-order valence-electron chi connectivity index (χ2n) is 10.4. The molecule has 2 aromatic heterocycles. The first-order chi connectivity index (χ1) is 16.9. The van der Waals surface area contributed by atoms with Crippen LogP contribution in [0.5, 0.6) is 5.75 Å². The summed E-state index contributed by atoms with van der Waals surface area (Å²) in [6.45, 7) is 3.47. The van der Waals surface area contributed by atoms with Gasteiger partial charge in [0.05, 0.1) is 42.3 Å². The maximum atomic E-state index is 12.3. The fraction of sp³-hybridized carbons (Fsp3) is 0.481. The lowest BCUT2D eigenvalue weighted by Gasteiger charge is -2.40. The summed E-state index contributed by atoms with van der Waals surface area (Å²) in [4.78, 5) is 22.8. The number of anilines is 1. The molecule has 1 aromatic carbocycles. The number of imidazole rings is 1. The van der Waals surface area contributed by atoms with Gasteiger partial charge in [0.25, 0.3) is 0 Å². The molecule has 2 unspecified atom stereocenters. The van der Waals surface area contributed by atoms with Crippen molar-refractivity contribution in [2.75, 3.05) is 18.6 Å². The number of hydrogen-bond donors (Lipinski definition) is 1. The van der Waals surface area contributed by atoms with E-state index in [0.717, 1.165) is 61.8 Å². The van der Waals surface area contributed by atoms with Gasteiger partial charge in [-0.15, -0.1) is 0 Å². The van der Waals surface area contributed by atoms with Crippen LogP contribution in [-0.4, -0.2) is 39.4 Å². The zero-order valence-electron chi connectivity index (χ0n) is 20.3. The lowest BCUT2D eigenvalue weighted by molar-refractivity contribution is 0.136. The van der Waals surface area contributed by atoms with E-state index in [1.807, 2.05) is 24.5 Å². The first-order valence-corrected chi connectivity index (χ1v) is 12.3. The van der Waals surface area contributed by atoms with E-state index < -0.39 is 6.09 Å². The number of hydrogen-bond acceptors (Lipinski definition) is 5. The Bertz CT molecular complexity index is 1290. The minimum atomic E-state index is -0.985. The van der Waals surface area contributed by atoms with E-state index in [9.17, 15) is 15.2 Å². The number of nitriles is 1. The molecule has 0 radical (unpaired) electrons. The van der Waals surface area contributed by atoms with Crippen molar-refractivity contribution in [1.82, 2.24) is 14.5 Å². The summed E-state index contributed by atoms with van der Waals surface area (Å²) in [5, 5.41) is 19.4. The van der Waals surface area contributed by atoms with Gasteiger partial charge in [-0.1, -0.05) is 13.3 Å². The highest BCUT2D eigenvalue weighted by Crippen LogP contribution is 2.44. The molecule has 2 fully saturated rings. The van der Waals surface area contributed by atoms with Crippen LogP contribution in [0.3, 0.4) is 0 Å². The molecule has 2 aliphatic rings. The van der Waals surface area contributed by atoms with Crippen LogP contribution in [0.25, 0.3) is 11.0 Å². The first kappa shape index (κ1) is 23.2. The zero-order chi connectivity index (χ0) is 24.6. The van der Waals surface area contributed by atoms with Crippen molar-refractivity contribution >= 4 is 22.8 Å². The number of pyridine rings is 1. The molecule has 8 nitrogen and oxygen atoms in total. The number of carbonyl (C=O) groups is 1. The maximum Gasteiger partial charge on any atom is 0.411 e. The summed E-state index contributed by atoms with van der Waals surface area (Å²) >= 11 is 0. The highest BCUT2D eigenvalue weighted by molar-refractivity contribution is 5.88. The number of fused-ring (bicyclic) bond motifs is 1. The molecule has 182 valence electrons. The number of rotatable bonds is 7. The molecule has 0 saturated heterocycles. The highest BCUT2D eigenvalue weighted by atomic mass is 16.5. The first-order valence-electron chi connectivity index (χ1n) is 12.3. The van der Waals surface area contributed by atoms with Crippen molar-refractivity contribution in [2.24, 2.45) is 11.3 Å². The summed E-state index contributed by atoms with van der Waals surface area (Å²) in [5.74, 6) is 1.27. The zero-order valence-corrected chi connectivity index (χ0v) is 20.3. The number of ether oxygens (including phenoxy) is 1. The second kappa shape index (κ2) is 9.21. The molecule has 3 aromatic rings. The molecule has 1 N–H and O–H groups in total. The van der Waals surface area contributed by atoms with Crippen LogP contribution in [0, 0.1) is 22.7 Å². The topological polar surface area (TPSA) is 104 Å². The SMILES string of the molecule is COc1cc(C2CC2)ncc1N(CC1CCCC(C)(Cn2cnc3ccc(C#N)cc32)C1)C(=O)O. The van der Waals surface area contributed by atoms with Crippen molar-refractivity contribution in [3.63, 3.8) is 0 Å². The van der Waals surface area contributed by atoms with Gasteiger partial charge in [-0.3, -0.25) is 9.88 Å². The molecule has 2 atom stereocenters. The Labute approximate surface area is 205 Å². The number of carboxylic acid groups (broad SMARTS) is 1. The van der Waals surface area contributed by atoms with Crippen LogP contribution >= 0.6 is 0 Å². The summed E-state index contributed by atoms with van der Waals surface area (Å²) in [6, 6.07) is 9.67. The van der Waals surface area contributed by atoms with E-state index >= 15 is 0 Å². The third-order valence-electron chi connectivity index (χ3n) is 7.52. The lowest BCUT2D eigenvalue weighted by Crippen LogP contribution is -2.39. The quantitative estimate of drug-likeness (QED) is 0.481. The minimum absolute atomic E-state index is 0.00152. The van der Waals surface area contributed by atoms with Gasteiger partial charge in [0.2, 0.25) is 0 Å². The number of aromatic nitrogens is 3. The van der Waals surface area contributed by atoms with Crippen molar-refractivity contribution in [3.8, 4) is 11.8 Å². The summed E-state index contributed by atoms with van der Waals surface area (Å²) in [5.41, 5.74) is 3.96. The van der Waals surface area contributed by atoms with Gasteiger partial charge in [0.1, 0.15) is 11.4 Å². The molecule has 1 amide bonds. The van der Waals surface area contributed by atoms with Crippen LogP contribution in [0.2, 0.25) is 0 Å². The highest BCUT2D eigenvalue weighted by Gasteiger charge is 2.35. The molecular weight excluding hydrogens is 442 g/mol. The van der Waals surface area contributed by atoms with Gasteiger partial charge in [-0.25, -0.2) is 9.78 Å². The van der Waals surface area contributed by atoms with Crippen molar-refractivity contribution in [2.45, 2.75) is 57.9 Å². The molecule has 0 bridgehead atoms. The standard InChI is InChI=1S/C27H31N5O3/c1-27(16-31-17-30-21-8-5-18(13-28)10-23(21)31)9-3-4-19(12-27)15-32(26(33)34)24-14-29-22(20-6-7-20)11-25(24)35-2/h5,8,10-11,14,17,19-20H,3-4,6-7,9,12,15-16H2,1-2H3,(H,33,34). The lowest BCUT2D eigenvalue weighted by atomic mass is 9.70. The summed E-state index contributed by atoms with van der Waals surface area (Å²) in [6.07, 6.45) is 8.78. The van der Waals surface area contributed by atoms with Crippen molar-refractivity contribution in [1.29, 1.82) is 5.26 Å². The third kappa shape index (κ3) is 4.81. The van der Waals surface area contributed by atoms with E-state index in [1.165, 1.54) is 4.90 Å². The average Bonchev–Trinajstić information content (AvgIpc) is 3.64. The molecule has 2 saturated carbocycles. The molecule has 35 heavy (non-hydrogen) atoms. The van der Waals surface area contributed by atoms with E-state index in [1.54, 1.807) is 19.4 Å². The number of amides is 1. The molecule has 2 aliphatic carbocycles. The maximum absolute atomic E-state index is 12.3. The van der Waals surface area contributed by atoms with E-state index in [0.29, 0.717) is 29.5 Å². The van der Waals surface area contributed by atoms with E-state index in [2.05, 4.69) is 27.5 Å². The van der Waals surface area contributed by atoms with E-state index in [-0.39, 0.29) is 11.3 Å². The number of nitrogens with zero attached hydrogens (tertiary/aromatic N) is 5. The Morgan fingerprint density at radius 3 is 2.86 bits per heavy atom. The van der Waals surface area contributed by atoms with Crippen molar-refractivity contribution in [3.05, 3.63) is 48.0 Å². The minimum Gasteiger partial charge on any atom is -0.494 e. The fourth-order valence-electron chi connectivity index (χ4n) is 5.63. The Kier molecular flexibility index (Phi) is 6.10. The van der Waals surface area contributed by atoms with Gasteiger partial charge < -0.3 is 14.4 Å². The molecule has 8 heteroatoms. The number of methoxy groups -OCH3 is 1. The van der Waals surface area contributed by atoms with Gasteiger partial charge in [0.15, 0.2) is 0 Å². The average molecular weight is 474 g/mol. The third-order valence-corrected chi connectivity index (χ3v) is 7.52. The summed E-state index contributed by atoms with van der Waals surface area (Å²) < 4.78 is 7.71. The molecule has 5 rings (SSSR count). The molecule has 0 aliphatic heterocycles.